The zero-order valence-corrected chi connectivity index (χ0v) is 13.1. The summed E-state index contributed by atoms with van der Waals surface area (Å²) in [5.41, 5.74) is 2.33. The predicted octanol–water partition coefficient (Wildman–Crippen LogP) is 1.85. The Hall–Kier alpha value is -1.75. The third kappa shape index (κ3) is 4.63. The molecule has 116 valence electrons. The second-order valence-corrected chi connectivity index (χ2v) is 5.17. The minimum absolute atomic E-state index is 0.165. The number of guanidine groups is 1. The largest absolute Gasteiger partial charge is 0.488 e. The molecular weight excluding hydrogens is 266 g/mol. The van der Waals surface area contributed by atoms with E-state index in [1.165, 1.54) is 5.56 Å². The van der Waals surface area contributed by atoms with Crippen LogP contribution in [0.1, 0.15) is 24.5 Å². The monoisotopic (exact) mass is 291 g/mol. The van der Waals surface area contributed by atoms with Gasteiger partial charge in [0, 0.05) is 32.1 Å². The third-order valence-electron chi connectivity index (χ3n) is 3.42. The molecule has 21 heavy (non-hydrogen) atoms. The van der Waals surface area contributed by atoms with Gasteiger partial charge in [-0.25, -0.2) is 0 Å². The third-order valence-corrected chi connectivity index (χ3v) is 3.42. The normalized spacial score (nSPS) is 18.6. The van der Waals surface area contributed by atoms with Crippen LogP contribution in [-0.4, -0.2) is 38.9 Å². The molecule has 0 aromatic heterocycles. The molecule has 0 radical (unpaired) electrons. The first kappa shape index (κ1) is 15.6. The molecule has 0 spiro atoms. The highest BCUT2D eigenvalue weighted by Crippen LogP contribution is 2.23. The molecule has 0 bridgehead atoms. The number of ether oxygens (including phenoxy) is 2. The Kier molecular flexibility index (Phi) is 5.87. The summed E-state index contributed by atoms with van der Waals surface area (Å²) in [5.74, 6) is 1.73. The first-order valence-electron chi connectivity index (χ1n) is 7.51. The average Bonchev–Trinajstić information content (AvgIpc) is 2.98. The maximum atomic E-state index is 6.09. The quantitative estimate of drug-likeness (QED) is 0.642. The molecule has 0 amide bonds. The van der Waals surface area contributed by atoms with Crippen molar-refractivity contribution in [2.45, 2.75) is 32.9 Å². The fourth-order valence-electron chi connectivity index (χ4n) is 2.27. The number of hydrogen-bond acceptors (Lipinski definition) is 3. The van der Waals surface area contributed by atoms with Gasteiger partial charge in [-0.2, -0.15) is 0 Å². The number of hydrogen-bond donors (Lipinski definition) is 2. The van der Waals surface area contributed by atoms with E-state index in [-0.39, 0.29) is 6.10 Å². The van der Waals surface area contributed by atoms with Gasteiger partial charge >= 0.3 is 0 Å². The van der Waals surface area contributed by atoms with Crippen molar-refractivity contribution in [1.29, 1.82) is 0 Å². The number of aliphatic imine (C=N–C) groups is 1. The minimum Gasteiger partial charge on any atom is -0.488 e. The summed E-state index contributed by atoms with van der Waals surface area (Å²) >= 11 is 0. The second-order valence-electron chi connectivity index (χ2n) is 5.17. The Balaban J connectivity index is 2.03. The molecule has 0 saturated carbocycles. The molecule has 1 aliphatic heterocycles. The van der Waals surface area contributed by atoms with Gasteiger partial charge in [0.1, 0.15) is 11.9 Å². The lowest BCUT2D eigenvalue weighted by molar-refractivity contribution is 0.140. The van der Waals surface area contributed by atoms with Crippen LogP contribution < -0.4 is 15.4 Å². The van der Waals surface area contributed by atoms with E-state index in [1.54, 1.807) is 7.05 Å². The van der Waals surface area contributed by atoms with Gasteiger partial charge < -0.3 is 20.1 Å². The van der Waals surface area contributed by atoms with Gasteiger partial charge in [-0.05, 0) is 25.5 Å². The summed E-state index contributed by atoms with van der Waals surface area (Å²) in [7, 11) is 1.77. The van der Waals surface area contributed by atoms with Gasteiger partial charge in [-0.1, -0.05) is 12.1 Å². The highest BCUT2D eigenvalue weighted by molar-refractivity contribution is 5.79. The Labute approximate surface area is 126 Å². The molecule has 2 N–H and O–H groups in total. The minimum atomic E-state index is 0.165. The standard InChI is InChI=1S/C16H25N3O2/c1-4-18-16(17-3)19-10-13-6-5-12(2)9-15(13)21-14-7-8-20-11-14/h5-6,9,14H,4,7-8,10-11H2,1-3H3,(H2,17,18,19). The fourth-order valence-corrected chi connectivity index (χ4v) is 2.27. The maximum Gasteiger partial charge on any atom is 0.191 e. The van der Waals surface area contributed by atoms with Crippen LogP contribution in [0.15, 0.2) is 23.2 Å². The number of nitrogens with zero attached hydrogens (tertiary/aromatic N) is 1. The van der Waals surface area contributed by atoms with Gasteiger partial charge in [0.05, 0.1) is 13.2 Å². The van der Waals surface area contributed by atoms with Crippen molar-refractivity contribution in [1.82, 2.24) is 10.6 Å². The molecule has 1 aromatic carbocycles. The van der Waals surface area contributed by atoms with Crippen LogP contribution in [-0.2, 0) is 11.3 Å². The van der Waals surface area contributed by atoms with E-state index in [2.05, 4.69) is 40.7 Å². The number of benzene rings is 1. The van der Waals surface area contributed by atoms with Gasteiger partial charge in [-0.3, -0.25) is 4.99 Å². The van der Waals surface area contributed by atoms with E-state index in [0.29, 0.717) is 13.2 Å². The summed E-state index contributed by atoms with van der Waals surface area (Å²) in [6.45, 7) is 7.12. The lowest BCUT2D eigenvalue weighted by Crippen LogP contribution is -2.36. The maximum absolute atomic E-state index is 6.09. The lowest BCUT2D eigenvalue weighted by Gasteiger charge is -2.17. The fraction of sp³-hybridized carbons (Fsp3) is 0.562. The van der Waals surface area contributed by atoms with Crippen molar-refractivity contribution in [3.63, 3.8) is 0 Å². The van der Waals surface area contributed by atoms with Crippen molar-refractivity contribution in [2.75, 3.05) is 26.8 Å². The molecule has 5 heteroatoms. The first-order chi connectivity index (χ1) is 10.2. The highest BCUT2D eigenvalue weighted by atomic mass is 16.5. The Morgan fingerprint density at radius 2 is 2.29 bits per heavy atom. The summed E-state index contributed by atoms with van der Waals surface area (Å²) in [6, 6.07) is 6.29. The zero-order chi connectivity index (χ0) is 15.1. The van der Waals surface area contributed by atoms with Gasteiger partial charge in [0.15, 0.2) is 5.96 Å². The van der Waals surface area contributed by atoms with E-state index in [1.807, 2.05) is 6.92 Å². The van der Waals surface area contributed by atoms with E-state index in [0.717, 1.165) is 36.8 Å². The average molecular weight is 291 g/mol. The molecule has 5 nitrogen and oxygen atoms in total. The first-order valence-corrected chi connectivity index (χ1v) is 7.51. The molecule has 0 aliphatic carbocycles. The number of aryl methyl sites for hydroxylation is 1. The van der Waals surface area contributed by atoms with Crippen molar-refractivity contribution in [3.8, 4) is 5.75 Å². The highest BCUT2D eigenvalue weighted by Gasteiger charge is 2.18. The number of rotatable bonds is 5. The molecule has 1 saturated heterocycles. The van der Waals surface area contributed by atoms with Crippen molar-refractivity contribution < 1.29 is 9.47 Å². The molecular formula is C16H25N3O2. The van der Waals surface area contributed by atoms with Crippen LogP contribution in [0.5, 0.6) is 5.75 Å². The lowest BCUT2D eigenvalue weighted by atomic mass is 10.1. The molecule has 1 fully saturated rings. The Bertz CT molecular complexity index is 482. The topological polar surface area (TPSA) is 54.9 Å². The van der Waals surface area contributed by atoms with Gasteiger partial charge in [-0.15, -0.1) is 0 Å². The zero-order valence-electron chi connectivity index (χ0n) is 13.1. The van der Waals surface area contributed by atoms with E-state index >= 15 is 0 Å². The van der Waals surface area contributed by atoms with Gasteiger partial charge in [0.2, 0.25) is 0 Å². The Morgan fingerprint density at radius 3 is 2.95 bits per heavy atom. The summed E-state index contributed by atoms with van der Waals surface area (Å²) in [6.07, 6.45) is 1.12. The van der Waals surface area contributed by atoms with Crippen molar-refractivity contribution in [3.05, 3.63) is 29.3 Å². The Morgan fingerprint density at radius 1 is 1.43 bits per heavy atom. The SMILES string of the molecule is CCNC(=NC)NCc1ccc(C)cc1OC1CCOC1. The molecule has 2 rings (SSSR count). The van der Waals surface area contributed by atoms with Crippen LogP contribution >= 0.6 is 0 Å². The van der Waals surface area contributed by atoms with Crippen LogP contribution in [0, 0.1) is 6.92 Å². The van der Waals surface area contributed by atoms with Crippen molar-refractivity contribution in [2.24, 2.45) is 4.99 Å². The van der Waals surface area contributed by atoms with Crippen molar-refractivity contribution >= 4 is 5.96 Å². The predicted molar refractivity (Wildman–Crippen MR) is 84.9 cm³/mol. The smallest absolute Gasteiger partial charge is 0.191 e. The molecule has 1 heterocycles. The molecule has 1 unspecified atom stereocenters. The van der Waals surface area contributed by atoms with Gasteiger partial charge in [0.25, 0.3) is 0 Å². The van der Waals surface area contributed by atoms with Crippen LogP contribution in [0.4, 0.5) is 0 Å². The summed E-state index contributed by atoms with van der Waals surface area (Å²) < 4.78 is 11.5. The molecule has 1 aliphatic rings. The van der Waals surface area contributed by atoms with Crippen LogP contribution in [0.25, 0.3) is 0 Å². The van der Waals surface area contributed by atoms with Crippen LogP contribution in [0.2, 0.25) is 0 Å². The summed E-state index contributed by atoms with van der Waals surface area (Å²) in [5, 5.41) is 6.48. The van der Waals surface area contributed by atoms with E-state index in [9.17, 15) is 0 Å². The second kappa shape index (κ2) is 7.88. The molecule has 1 atom stereocenters. The summed E-state index contributed by atoms with van der Waals surface area (Å²) in [4.78, 5) is 4.18. The van der Waals surface area contributed by atoms with Crippen LogP contribution in [0.3, 0.4) is 0 Å². The number of nitrogens with one attached hydrogen (secondary N) is 2. The van der Waals surface area contributed by atoms with E-state index in [4.69, 9.17) is 9.47 Å². The molecule has 1 aromatic rings. The van der Waals surface area contributed by atoms with E-state index < -0.39 is 0 Å².